The summed E-state index contributed by atoms with van der Waals surface area (Å²) < 4.78 is 45.0. The fraction of sp³-hybridized carbons (Fsp3) is 0.0455. The summed E-state index contributed by atoms with van der Waals surface area (Å²) in [5.74, 6) is -2.22. The Kier molecular flexibility index (Phi) is 6.02. The highest BCUT2D eigenvalue weighted by molar-refractivity contribution is 5.95. The van der Waals surface area contributed by atoms with E-state index in [1.165, 1.54) is 30.3 Å². The van der Waals surface area contributed by atoms with Gasteiger partial charge in [-0.25, -0.2) is 19.0 Å². The number of benzene rings is 3. The maximum absolute atomic E-state index is 14.6. The van der Waals surface area contributed by atoms with Gasteiger partial charge in [0.15, 0.2) is 11.6 Å². The number of hydrogen-bond acceptors (Lipinski definition) is 7. The van der Waals surface area contributed by atoms with Crippen LogP contribution in [0.1, 0.15) is 11.1 Å². The van der Waals surface area contributed by atoms with Crippen LogP contribution in [0.4, 0.5) is 8.78 Å². The topological polar surface area (TPSA) is 119 Å². The Hall–Kier alpha value is -4.67. The van der Waals surface area contributed by atoms with E-state index in [-0.39, 0.29) is 35.1 Å². The summed E-state index contributed by atoms with van der Waals surface area (Å²) in [7, 11) is 0. The number of aromatic nitrogens is 2. The number of H-pyrrole nitrogens is 1. The molecule has 4 rings (SSSR count). The van der Waals surface area contributed by atoms with Crippen LogP contribution in [0.15, 0.2) is 86.0 Å². The van der Waals surface area contributed by atoms with Gasteiger partial charge in [0.05, 0.1) is 12.1 Å². The zero-order chi connectivity index (χ0) is 23.4. The lowest BCUT2D eigenvalue weighted by atomic mass is 10.2. The van der Waals surface area contributed by atoms with Gasteiger partial charge in [-0.1, -0.05) is 29.4 Å². The van der Waals surface area contributed by atoms with Crippen molar-refractivity contribution >= 4 is 5.97 Å². The van der Waals surface area contributed by atoms with Gasteiger partial charge in [0.1, 0.15) is 17.2 Å². The van der Waals surface area contributed by atoms with E-state index in [1.54, 1.807) is 30.3 Å². The van der Waals surface area contributed by atoms with Crippen LogP contribution in [0.5, 0.6) is 23.0 Å². The van der Waals surface area contributed by atoms with Gasteiger partial charge >= 0.3 is 11.4 Å². The monoisotopic (exact) mass is 455 g/mol. The Balaban J connectivity index is 1.51. The van der Waals surface area contributed by atoms with Gasteiger partial charge in [-0.05, 0) is 42.0 Å². The molecule has 1 heterocycles. The second-order valence-corrected chi connectivity index (χ2v) is 6.68. The lowest BCUT2D eigenvalue weighted by Gasteiger charge is -2.12. The number of ether oxygens (including phenoxy) is 2. The van der Waals surface area contributed by atoms with E-state index in [0.29, 0.717) is 5.56 Å². The number of oxime groups is 1. The van der Waals surface area contributed by atoms with Crippen LogP contribution < -0.4 is 20.9 Å². The van der Waals surface area contributed by atoms with Gasteiger partial charge in [-0.3, -0.25) is 0 Å². The minimum Gasteiger partial charge on any atom is -0.456 e. The van der Waals surface area contributed by atoms with Crippen molar-refractivity contribution in [2.45, 2.75) is 6.54 Å². The van der Waals surface area contributed by atoms with Crippen molar-refractivity contribution in [3.05, 3.63) is 105 Å². The predicted molar refractivity (Wildman–Crippen MR) is 112 cm³/mol. The minimum atomic E-state index is -1.11. The molecule has 0 saturated carbocycles. The van der Waals surface area contributed by atoms with Crippen LogP contribution in [0.3, 0.4) is 0 Å². The normalized spacial score (nSPS) is 11.4. The summed E-state index contributed by atoms with van der Waals surface area (Å²) in [5, 5.41) is 11.2. The molecule has 0 spiro atoms. The number of nitrogens with one attached hydrogen (secondary N) is 1. The molecule has 3 aromatic carbocycles. The van der Waals surface area contributed by atoms with E-state index in [2.05, 4.69) is 9.68 Å². The molecular formula is C22H15F2N3O6. The van der Waals surface area contributed by atoms with Crippen molar-refractivity contribution < 1.29 is 28.0 Å². The third-order valence-corrected chi connectivity index (χ3v) is 4.41. The first-order valence-corrected chi connectivity index (χ1v) is 9.44. The molecule has 11 heteroatoms. The number of nitrogens with zero attached hydrogens (tertiary/aromatic N) is 2. The second-order valence-electron chi connectivity index (χ2n) is 6.68. The Morgan fingerprint density at radius 2 is 1.73 bits per heavy atom. The average molecular weight is 455 g/mol. The summed E-state index contributed by atoms with van der Waals surface area (Å²) in [4.78, 5) is 24.5. The summed E-state index contributed by atoms with van der Waals surface area (Å²) >= 11 is 0. The first-order chi connectivity index (χ1) is 15.9. The summed E-state index contributed by atoms with van der Waals surface area (Å²) in [6, 6.07) is 16.3. The molecular weight excluding hydrogens is 440 g/mol. The molecule has 0 aliphatic carbocycles. The molecule has 2 N–H and O–H groups in total. The van der Waals surface area contributed by atoms with E-state index in [4.69, 9.17) is 14.7 Å². The van der Waals surface area contributed by atoms with Crippen molar-refractivity contribution in [3.8, 4) is 23.0 Å². The predicted octanol–water partition coefficient (Wildman–Crippen LogP) is 4.01. The van der Waals surface area contributed by atoms with Gasteiger partial charge < -0.3 is 19.2 Å². The Morgan fingerprint density at radius 3 is 2.39 bits per heavy atom. The van der Waals surface area contributed by atoms with Crippen LogP contribution in [0.2, 0.25) is 0 Å². The van der Waals surface area contributed by atoms with E-state index >= 15 is 0 Å². The molecule has 168 valence electrons. The lowest BCUT2D eigenvalue weighted by molar-refractivity contribution is 0.258. The van der Waals surface area contributed by atoms with Crippen molar-refractivity contribution in [1.82, 2.24) is 9.72 Å². The molecule has 33 heavy (non-hydrogen) atoms. The van der Waals surface area contributed by atoms with E-state index in [1.807, 2.05) is 4.98 Å². The van der Waals surface area contributed by atoms with Gasteiger partial charge in [0, 0.05) is 6.07 Å². The zero-order valence-corrected chi connectivity index (χ0v) is 16.7. The minimum absolute atomic E-state index is 0.0506. The van der Waals surface area contributed by atoms with Crippen molar-refractivity contribution in [2.75, 3.05) is 0 Å². The fourth-order valence-electron chi connectivity index (χ4n) is 2.94. The third-order valence-electron chi connectivity index (χ3n) is 4.41. The summed E-state index contributed by atoms with van der Waals surface area (Å²) in [6.45, 7) is -0.148. The highest BCUT2D eigenvalue weighted by Gasteiger charge is 2.13. The highest BCUT2D eigenvalue weighted by atomic mass is 19.1. The summed E-state index contributed by atoms with van der Waals surface area (Å²) in [6.07, 6.45) is 0. The first kappa shape index (κ1) is 21.6. The molecule has 0 aliphatic heterocycles. The number of hydrogen-bond donors (Lipinski definition) is 2. The van der Waals surface area contributed by atoms with E-state index < -0.39 is 23.2 Å². The Morgan fingerprint density at radius 1 is 1.00 bits per heavy atom. The maximum atomic E-state index is 14.6. The molecule has 0 radical (unpaired) electrons. The second kappa shape index (κ2) is 9.22. The SMILES string of the molecule is O=c1[nH]c(=O)n(Cc2ccc(Oc3cccc(Oc4ccccc4/C(F)=N/O)c3)c(F)c2)o1. The Labute approximate surface area is 183 Å². The largest absolute Gasteiger partial charge is 0.456 e. The van der Waals surface area contributed by atoms with Gasteiger partial charge in [0.25, 0.3) is 5.97 Å². The van der Waals surface area contributed by atoms with E-state index in [0.717, 1.165) is 10.8 Å². The average Bonchev–Trinajstić information content (AvgIpc) is 3.12. The molecule has 0 saturated heterocycles. The number of halogens is 2. The molecule has 0 fully saturated rings. The quantitative estimate of drug-likeness (QED) is 0.247. The molecule has 9 nitrogen and oxygen atoms in total. The number of para-hydroxylation sites is 1. The number of aromatic amines is 1. The molecule has 0 bridgehead atoms. The van der Waals surface area contributed by atoms with E-state index in [9.17, 15) is 18.4 Å². The van der Waals surface area contributed by atoms with Gasteiger partial charge in [-0.15, -0.1) is 4.74 Å². The van der Waals surface area contributed by atoms with Gasteiger partial charge in [-0.2, -0.15) is 4.39 Å². The molecule has 0 aliphatic rings. The van der Waals surface area contributed by atoms with Crippen LogP contribution in [-0.2, 0) is 6.54 Å². The first-order valence-electron chi connectivity index (χ1n) is 9.44. The van der Waals surface area contributed by atoms with Crippen LogP contribution in [-0.4, -0.2) is 20.9 Å². The Bertz CT molecular complexity index is 1440. The van der Waals surface area contributed by atoms with Crippen LogP contribution in [0, 0.1) is 5.82 Å². The van der Waals surface area contributed by atoms with Crippen molar-refractivity contribution in [1.29, 1.82) is 0 Å². The fourth-order valence-corrected chi connectivity index (χ4v) is 2.94. The molecule has 1 aromatic heterocycles. The molecule has 0 atom stereocenters. The van der Waals surface area contributed by atoms with Crippen molar-refractivity contribution in [3.63, 3.8) is 0 Å². The molecule has 4 aromatic rings. The highest BCUT2D eigenvalue weighted by Crippen LogP contribution is 2.31. The molecule has 0 unspecified atom stereocenters. The smallest absolute Gasteiger partial charge is 0.440 e. The van der Waals surface area contributed by atoms with Crippen LogP contribution >= 0.6 is 0 Å². The van der Waals surface area contributed by atoms with Gasteiger partial charge in [0.2, 0.25) is 0 Å². The summed E-state index contributed by atoms with van der Waals surface area (Å²) in [5.41, 5.74) is -0.430. The number of rotatable bonds is 7. The standard InChI is InChI=1S/C22H15F2N3O6/c23-17-10-13(12-27-21(28)25-22(29)33-27)8-9-19(17)32-15-5-3-4-14(11-15)31-18-7-2-1-6-16(18)20(24)26-30/h1-11,30H,12H2,(H,25,28,29)/b26-20-. The third kappa shape index (κ3) is 4.98. The molecule has 0 amide bonds. The maximum Gasteiger partial charge on any atom is 0.440 e. The zero-order valence-electron chi connectivity index (χ0n) is 16.7. The van der Waals surface area contributed by atoms with Crippen LogP contribution in [0.25, 0.3) is 0 Å². The lowest BCUT2D eigenvalue weighted by Crippen LogP contribution is -2.17. The van der Waals surface area contributed by atoms with Crippen molar-refractivity contribution in [2.24, 2.45) is 5.16 Å².